The molecule has 0 saturated heterocycles. The Morgan fingerprint density at radius 3 is 1.71 bits per heavy atom. The Balaban J connectivity index is 3.51. The predicted octanol–water partition coefficient (Wildman–Crippen LogP) is 5.11. The lowest BCUT2D eigenvalue weighted by molar-refractivity contribution is 0.127. The highest BCUT2D eigenvalue weighted by Crippen LogP contribution is 2.36. The standard InChI is InChI=1S/C16H26O/c1-11(2)13-9-8-10-14(12(3)4)15(13)17-16(5,6)7/h8-12H,1-7H3/i11D,12D. The summed E-state index contributed by atoms with van der Waals surface area (Å²) in [7, 11) is 0. The van der Waals surface area contributed by atoms with Crippen LogP contribution in [0.1, 0.15) is 74.1 Å². The van der Waals surface area contributed by atoms with Crippen LogP contribution in [0.3, 0.4) is 0 Å². The van der Waals surface area contributed by atoms with Gasteiger partial charge in [0.25, 0.3) is 0 Å². The molecule has 0 unspecified atom stereocenters. The number of hydrogen-bond donors (Lipinski definition) is 0. The minimum atomic E-state index is -0.748. The van der Waals surface area contributed by atoms with Gasteiger partial charge in [0, 0.05) is 2.74 Å². The second-order valence-electron chi connectivity index (χ2n) is 5.90. The van der Waals surface area contributed by atoms with Crippen molar-refractivity contribution in [2.45, 2.75) is 65.9 Å². The van der Waals surface area contributed by atoms with Gasteiger partial charge in [-0.15, -0.1) is 0 Å². The predicted molar refractivity (Wildman–Crippen MR) is 75.0 cm³/mol. The highest BCUT2D eigenvalue weighted by Gasteiger charge is 2.20. The molecule has 0 N–H and O–H groups in total. The molecule has 1 nitrogen and oxygen atoms in total. The smallest absolute Gasteiger partial charge is 0.126 e. The highest BCUT2D eigenvalue weighted by molar-refractivity contribution is 5.45. The lowest BCUT2D eigenvalue weighted by Crippen LogP contribution is -2.24. The molecule has 17 heavy (non-hydrogen) atoms. The molecule has 0 heterocycles. The van der Waals surface area contributed by atoms with E-state index in [1.165, 1.54) is 0 Å². The van der Waals surface area contributed by atoms with Crippen molar-refractivity contribution in [1.29, 1.82) is 0 Å². The van der Waals surface area contributed by atoms with Crippen molar-refractivity contribution in [3.05, 3.63) is 29.3 Å². The third-order valence-corrected chi connectivity index (χ3v) is 2.50. The van der Waals surface area contributed by atoms with Crippen molar-refractivity contribution >= 4 is 0 Å². The fourth-order valence-corrected chi connectivity index (χ4v) is 1.74. The summed E-state index contributed by atoms with van der Waals surface area (Å²) in [5, 5.41) is 0. The molecular formula is C16H26O. The van der Waals surface area contributed by atoms with Crippen LogP contribution in [-0.2, 0) is 0 Å². The summed E-state index contributed by atoms with van der Waals surface area (Å²) in [4.78, 5) is 0. The zero-order valence-corrected chi connectivity index (χ0v) is 12.1. The van der Waals surface area contributed by atoms with Crippen molar-refractivity contribution in [2.24, 2.45) is 0 Å². The molecule has 0 aliphatic carbocycles. The monoisotopic (exact) mass is 236 g/mol. The molecule has 0 spiro atoms. The van der Waals surface area contributed by atoms with E-state index < -0.39 is 11.8 Å². The molecule has 96 valence electrons. The van der Waals surface area contributed by atoms with Crippen LogP contribution in [0.5, 0.6) is 5.75 Å². The van der Waals surface area contributed by atoms with Crippen LogP contribution < -0.4 is 4.74 Å². The molecule has 0 radical (unpaired) electrons. The van der Waals surface area contributed by atoms with E-state index in [2.05, 4.69) is 0 Å². The van der Waals surface area contributed by atoms with E-state index in [0.717, 1.165) is 11.1 Å². The maximum Gasteiger partial charge on any atom is 0.126 e. The van der Waals surface area contributed by atoms with Gasteiger partial charge in [0.1, 0.15) is 11.4 Å². The second-order valence-corrected chi connectivity index (χ2v) is 5.90. The number of ether oxygens (including phenoxy) is 1. The van der Waals surface area contributed by atoms with Crippen LogP contribution >= 0.6 is 0 Å². The molecule has 1 aromatic carbocycles. The molecule has 0 bridgehead atoms. The van der Waals surface area contributed by atoms with Crippen molar-refractivity contribution in [3.8, 4) is 5.75 Å². The third kappa shape index (κ3) is 3.76. The molecule has 1 aromatic rings. The van der Waals surface area contributed by atoms with Crippen LogP contribution in [-0.4, -0.2) is 5.60 Å². The van der Waals surface area contributed by atoms with E-state index in [0.29, 0.717) is 5.75 Å². The summed E-state index contributed by atoms with van der Waals surface area (Å²) >= 11 is 0. The first-order valence-electron chi connectivity index (χ1n) is 7.15. The SMILES string of the molecule is [2H]C(C)(C)c1cccc(C([2H])(C)C)c1OC(C)(C)C. The quantitative estimate of drug-likeness (QED) is 0.708. The van der Waals surface area contributed by atoms with Gasteiger partial charge in [-0.1, -0.05) is 45.9 Å². The molecule has 1 rings (SSSR count). The van der Waals surface area contributed by atoms with Crippen molar-refractivity contribution in [2.75, 3.05) is 0 Å². The molecule has 0 fully saturated rings. The zero-order valence-electron chi connectivity index (χ0n) is 14.1. The normalized spacial score (nSPS) is 15.2. The van der Waals surface area contributed by atoms with Crippen LogP contribution in [0, 0.1) is 0 Å². The number of benzene rings is 1. The fraction of sp³-hybridized carbons (Fsp3) is 0.625. The van der Waals surface area contributed by atoms with Crippen LogP contribution in [0.2, 0.25) is 0 Å². The van der Waals surface area contributed by atoms with Crippen LogP contribution in [0.25, 0.3) is 0 Å². The average Bonchev–Trinajstić information content (AvgIpc) is 2.11. The van der Waals surface area contributed by atoms with Gasteiger partial charge in [0.2, 0.25) is 0 Å². The third-order valence-electron chi connectivity index (χ3n) is 2.50. The highest BCUT2D eigenvalue weighted by atomic mass is 16.5. The largest absolute Gasteiger partial charge is 0.488 e. The number of hydrogen-bond acceptors (Lipinski definition) is 1. The van der Waals surface area contributed by atoms with Gasteiger partial charge in [0.15, 0.2) is 0 Å². The van der Waals surface area contributed by atoms with E-state index in [1.54, 1.807) is 0 Å². The molecule has 0 aromatic heterocycles. The Bertz CT molecular complexity index is 413. The molecule has 0 saturated carbocycles. The minimum Gasteiger partial charge on any atom is -0.488 e. The molecule has 0 atom stereocenters. The van der Waals surface area contributed by atoms with Crippen molar-refractivity contribution < 1.29 is 7.48 Å². The van der Waals surface area contributed by atoms with Gasteiger partial charge >= 0.3 is 0 Å². The molecule has 0 aliphatic heterocycles. The lowest BCUT2D eigenvalue weighted by Gasteiger charge is -2.27. The molecule has 0 amide bonds. The van der Waals surface area contributed by atoms with Crippen molar-refractivity contribution in [3.63, 3.8) is 0 Å². The lowest BCUT2D eigenvalue weighted by atomic mass is 9.93. The summed E-state index contributed by atoms with van der Waals surface area (Å²) in [5.74, 6) is -0.807. The van der Waals surface area contributed by atoms with Gasteiger partial charge < -0.3 is 4.74 Å². The summed E-state index contributed by atoms with van der Waals surface area (Å²) in [6.07, 6.45) is 0. The average molecular weight is 236 g/mol. The Hall–Kier alpha value is -0.980. The first-order valence-corrected chi connectivity index (χ1v) is 6.15. The summed E-state index contributed by atoms with van der Waals surface area (Å²) < 4.78 is 22.6. The fourth-order valence-electron chi connectivity index (χ4n) is 1.74. The van der Waals surface area contributed by atoms with E-state index in [4.69, 9.17) is 7.48 Å². The minimum absolute atomic E-state index is 0.346. The molecule has 1 heteroatoms. The first-order chi connectivity index (χ1) is 8.32. The molecule has 0 aliphatic rings. The topological polar surface area (TPSA) is 9.23 Å². The van der Waals surface area contributed by atoms with Gasteiger partial charge in [-0.05, 0) is 43.7 Å². The summed E-state index contributed by atoms with van der Waals surface area (Å²) in [5.41, 5.74) is 1.32. The first kappa shape index (κ1) is 11.1. The second kappa shape index (κ2) is 5.12. The number of para-hydroxylation sites is 1. The Labute approximate surface area is 109 Å². The maximum atomic E-state index is 8.28. The van der Waals surface area contributed by atoms with Gasteiger partial charge in [-0.2, -0.15) is 0 Å². The summed E-state index contributed by atoms with van der Waals surface area (Å²) in [6, 6.07) is 5.75. The van der Waals surface area contributed by atoms with E-state index >= 15 is 0 Å². The Kier molecular flexibility index (Phi) is 3.35. The van der Waals surface area contributed by atoms with E-state index in [1.807, 2.05) is 66.7 Å². The maximum absolute atomic E-state index is 8.28. The Morgan fingerprint density at radius 1 is 1.00 bits per heavy atom. The van der Waals surface area contributed by atoms with Crippen molar-refractivity contribution in [1.82, 2.24) is 0 Å². The zero-order chi connectivity index (χ0) is 15.1. The van der Waals surface area contributed by atoms with Gasteiger partial charge in [-0.3, -0.25) is 0 Å². The van der Waals surface area contributed by atoms with E-state index in [9.17, 15) is 0 Å². The van der Waals surface area contributed by atoms with E-state index in [-0.39, 0.29) is 5.60 Å². The molecular weight excluding hydrogens is 208 g/mol. The van der Waals surface area contributed by atoms with Crippen LogP contribution in [0.15, 0.2) is 18.2 Å². The Morgan fingerprint density at radius 2 is 1.41 bits per heavy atom. The summed E-state index contributed by atoms with van der Waals surface area (Å²) in [6.45, 7) is 13.3. The number of rotatable bonds is 3. The van der Waals surface area contributed by atoms with Gasteiger partial charge in [0.05, 0.1) is 0 Å². The van der Waals surface area contributed by atoms with Crippen LogP contribution in [0.4, 0.5) is 0 Å². The van der Waals surface area contributed by atoms with Gasteiger partial charge in [-0.25, -0.2) is 0 Å².